The normalized spacial score (nSPS) is 11.9. The smallest absolute Gasteiger partial charge is 0.243 e. The van der Waals surface area contributed by atoms with Crippen LogP contribution in [0.25, 0.3) is 0 Å². The van der Waals surface area contributed by atoms with Crippen LogP contribution in [0.5, 0.6) is 5.75 Å². The Balaban J connectivity index is 0.00000420. The van der Waals surface area contributed by atoms with Crippen molar-refractivity contribution < 1.29 is 13.9 Å². The van der Waals surface area contributed by atoms with Gasteiger partial charge < -0.3 is 20.3 Å². The van der Waals surface area contributed by atoms with Crippen LogP contribution in [-0.2, 0) is 11.2 Å². The van der Waals surface area contributed by atoms with Crippen LogP contribution in [-0.4, -0.2) is 56.6 Å². The number of hydrogen-bond acceptors (Lipinski definition) is 4. The minimum atomic E-state index is -0.298. The predicted molar refractivity (Wildman–Crippen MR) is 127 cm³/mol. The maximum atomic E-state index is 13.0. The number of likely N-dealkylation sites (N-methyl/N-ethyl adjacent to an activating group) is 1. The average Bonchev–Trinajstić information content (AvgIpc) is 3.18. The van der Waals surface area contributed by atoms with E-state index in [1.165, 1.54) is 21.9 Å². The van der Waals surface area contributed by atoms with E-state index < -0.39 is 0 Å². The van der Waals surface area contributed by atoms with Gasteiger partial charge in [0.1, 0.15) is 24.2 Å². The van der Waals surface area contributed by atoms with Gasteiger partial charge in [-0.2, -0.15) is 0 Å². The summed E-state index contributed by atoms with van der Waals surface area (Å²) in [5.74, 6) is 0.784. The molecular weight excluding hydrogens is 506 g/mol. The van der Waals surface area contributed by atoms with Gasteiger partial charge in [-0.15, -0.1) is 35.3 Å². The molecular formula is C20H28FIN4O2S. The van der Waals surface area contributed by atoms with E-state index in [4.69, 9.17) is 4.74 Å². The number of benzene rings is 1. The Morgan fingerprint density at radius 1 is 1.24 bits per heavy atom. The fraction of sp³-hybridized carbons (Fsp3) is 0.400. The third kappa shape index (κ3) is 9.93. The lowest BCUT2D eigenvalue weighted by Crippen LogP contribution is -2.43. The first-order valence-electron chi connectivity index (χ1n) is 9.11. The summed E-state index contributed by atoms with van der Waals surface area (Å²) in [4.78, 5) is 19.0. The highest BCUT2D eigenvalue weighted by atomic mass is 127. The van der Waals surface area contributed by atoms with Crippen molar-refractivity contribution in [3.63, 3.8) is 0 Å². The molecule has 29 heavy (non-hydrogen) atoms. The first-order chi connectivity index (χ1) is 13.4. The maximum absolute atomic E-state index is 13.0. The third-order valence-electron chi connectivity index (χ3n) is 3.82. The molecule has 0 bridgehead atoms. The largest absolute Gasteiger partial charge is 0.489 e. The van der Waals surface area contributed by atoms with Crippen LogP contribution in [0.4, 0.5) is 4.39 Å². The summed E-state index contributed by atoms with van der Waals surface area (Å²) in [6, 6.07) is 10.0. The summed E-state index contributed by atoms with van der Waals surface area (Å²) in [5.41, 5.74) is 0. The minimum absolute atomic E-state index is 0. The number of ether oxygens (including phenoxy) is 1. The standard InChI is InChI=1S/C20H27FN4O2S.HI/c1-15(27-17-8-6-16(21)7-9-17)13-23-20(24-14-19(26)25(2)3)22-11-10-18-5-4-12-28-18;/h4-9,12,15H,10-11,13-14H2,1-3H3,(H2,22,23,24);1H. The fourth-order valence-electron chi connectivity index (χ4n) is 2.25. The second-order valence-electron chi connectivity index (χ2n) is 6.47. The molecule has 1 amide bonds. The zero-order valence-electron chi connectivity index (χ0n) is 16.9. The Bertz CT molecular complexity index is 754. The monoisotopic (exact) mass is 534 g/mol. The van der Waals surface area contributed by atoms with Crippen molar-refractivity contribution in [2.75, 3.05) is 33.7 Å². The van der Waals surface area contributed by atoms with Gasteiger partial charge in [-0.25, -0.2) is 9.38 Å². The highest BCUT2D eigenvalue weighted by molar-refractivity contribution is 14.0. The van der Waals surface area contributed by atoms with Crippen LogP contribution in [0.3, 0.4) is 0 Å². The van der Waals surface area contributed by atoms with Gasteiger partial charge in [-0.1, -0.05) is 6.07 Å². The molecule has 9 heteroatoms. The van der Waals surface area contributed by atoms with E-state index in [0.717, 1.165) is 6.42 Å². The third-order valence-corrected chi connectivity index (χ3v) is 4.76. The molecule has 160 valence electrons. The summed E-state index contributed by atoms with van der Waals surface area (Å²) in [5, 5.41) is 8.50. The van der Waals surface area contributed by atoms with E-state index in [9.17, 15) is 9.18 Å². The van der Waals surface area contributed by atoms with Crippen molar-refractivity contribution in [1.82, 2.24) is 15.5 Å². The number of halogens is 2. The van der Waals surface area contributed by atoms with Crippen LogP contribution < -0.4 is 15.4 Å². The molecule has 2 rings (SSSR count). The molecule has 0 aliphatic carbocycles. The molecule has 0 aliphatic rings. The second-order valence-corrected chi connectivity index (χ2v) is 7.50. The van der Waals surface area contributed by atoms with E-state index in [1.807, 2.05) is 18.4 Å². The number of guanidine groups is 1. The molecule has 2 N–H and O–H groups in total. The summed E-state index contributed by atoms with van der Waals surface area (Å²) in [6.07, 6.45) is 0.709. The van der Waals surface area contributed by atoms with Gasteiger partial charge >= 0.3 is 0 Å². The van der Waals surface area contributed by atoms with Gasteiger partial charge in [-0.3, -0.25) is 4.79 Å². The molecule has 0 aliphatic heterocycles. The number of nitrogens with zero attached hydrogens (tertiary/aromatic N) is 2. The van der Waals surface area contributed by atoms with Gasteiger partial charge in [-0.05, 0) is 49.1 Å². The molecule has 2 aromatic rings. The SMILES string of the molecule is CC(CNC(=NCC(=O)N(C)C)NCCc1cccs1)Oc1ccc(F)cc1.I. The fourth-order valence-corrected chi connectivity index (χ4v) is 2.96. The average molecular weight is 534 g/mol. The Hall–Kier alpha value is -1.88. The van der Waals surface area contributed by atoms with Gasteiger partial charge in [0.25, 0.3) is 0 Å². The van der Waals surface area contributed by atoms with Crippen molar-refractivity contribution in [3.05, 3.63) is 52.5 Å². The number of carbonyl (C=O) groups is 1. The van der Waals surface area contributed by atoms with Crippen LogP contribution in [0.15, 0.2) is 46.8 Å². The lowest BCUT2D eigenvalue weighted by molar-refractivity contribution is -0.127. The van der Waals surface area contributed by atoms with E-state index in [-0.39, 0.29) is 48.3 Å². The summed E-state index contributed by atoms with van der Waals surface area (Å²) >= 11 is 1.71. The van der Waals surface area contributed by atoms with Crippen LogP contribution in [0, 0.1) is 5.82 Å². The number of aliphatic imine (C=N–C) groups is 1. The molecule has 1 heterocycles. The molecule has 0 spiro atoms. The van der Waals surface area contributed by atoms with Gasteiger partial charge in [0.15, 0.2) is 5.96 Å². The highest BCUT2D eigenvalue weighted by Crippen LogP contribution is 2.12. The number of amides is 1. The first kappa shape index (κ1) is 25.2. The number of rotatable bonds is 9. The van der Waals surface area contributed by atoms with Crippen LogP contribution >= 0.6 is 35.3 Å². The van der Waals surface area contributed by atoms with Crippen molar-refractivity contribution in [2.45, 2.75) is 19.4 Å². The van der Waals surface area contributed by atoms with Crippen LogP contribution in [0.1, 0.15) is 11.8 Å². The molecule has 0 saturated heterocycles. The lowest BCUT2D eigenvalue weighted by Gasteiger charge is -2.18. The molecule has 1 unspecified atom stereocenters. The summed E-state index contributed by atoms with van der Waals surface area (Å²) in [7, 11) is 3.40. The Morgan fingerprint density at radius 3 is 2.59 bits per heavy atom. The molecule has 0 fully saturated rings. The van der Waals surface area contributed by atoms with Gasteiger partial charge in [0.2, 0.25) is 5.91 Å². The molecule has 6 nitrogen and oxygen atoms in total. The molecule has 0 saturated carbocycles. The van der Waals surface area contributed by atoms with E-state index >= 15 is 0 Å². The van der Waals surface area contributed by atoms with E-state index in [2.05, 4.69) is 21.7 Å². The van der Waals surface area contributed by atoms with E-state index in [0.29, 0.717) is 24.8 Å². The van der Waals surface area contributed by atoms with Crippen molar-refractivity contribution >= 4 is 47.2 Å². The second kappa shape index (κ2) is 13.4. The van der Waals surface area contributed by atoms with Crippen molar-refractivity contribution in [2.24, 2.45) is 4.99 Å². The highest BCUT2D eigenvalue weighted by Gasteiger charge is 2.08. The first-order valence-corrected chi connectivity index (χ1v) is 9.99. The lowest BCUT2D eigenvalue weighted by atomic mass is 10.3. The number of thiophene rings is 1. The summed E-state index contributed by atoms with van der Waals surface area (Å²) in [6.45, 7) is 3.16. The molecule has 0 radical (unpaired) electrons. The van der Waals surface area contributed by atoms with Crippen LogP contribution in [0.2, 0.25) is 0 Å². The zero-order valence-corrected chi connectivity index (χ0v) is 20.0. The number of carbonyl (C=O) groups excluding carboxylic acids is 1. The van der Waals surface area contributed by atoms with Gasteiger partial charge in [0, 0.05) is 25.5 Å². The summed E-state index contributed by atoms with van der Waals surface area (Å²) < 4.78 is 18.7. The predicted octanol–water partition coefficient (Wildman–Crippen LogP) is 3.14. The topological polar surface area (TPSA) is 66.0 Å². The molecule has 1 aromatic heterocycles. The van der Waals surface area contributed by atoms with Crippen molar-refractivity contribution in [3.8, 4) is 5.75 Å². The van der Waals surface area contributed by atoms with E-state index in [1.54, 1.807) is 37.6 Å². The minimum Gasteiger partial charge on any atom is -0.489 e. The quantitative estimate of drug-likeness (QED) is 0.295. The zero-order chi connectivity index (χ0) is 20.4. The number of hydrogen-bond donors (Lipinski definition) is 2. The van der Waals surface area contributed by atoms with Crippen molar-refractivity contribution in [1.29, 1.82) is 0 Å². The van der Waals surface area contributed by atoms with Gasteiger partial charge in [0.05, 0.1) is 6.54 Å². The Kier molecular flexibility index (Phi) is 11.6. The maximum Gasteiger partial charge on any atom is 0.243 e. The number of nitrogens with one attached hydrogen (secondary N) is 2. The Labute approximate surface area is 192 Å². The Morgan fingerprint density at radius 2 is 1.97 bits per heavy atom. The molecule has 1 atom stereocenters. The molecule has 1 aromatic carbocycles.